The number of hydrogen-bond acceptors (Lipinski definition) is 8. The van der Waals surface area contributed by atoms with E-state index in [2.05, 4.69) is 40.5 Å². The number of fused-ring (bicyclic) bond motifs is 2. The van der Waals surface area contributed by atoms with Crippen LogP contribution in [0.5, 0.6) is 0 Å². The molecule has 3 heterocycles. The fourth-order valence-electron chi connectivity index (χ4n) is 5.63. The van der Waals surface area contributed by atoms with Crippen LogP contribution in [-0.2, 0) is 6.42 Å². The minimum atomic E-state index is -0.898. The van der Waals surface area contributed by atoms with Crippen LogP contribution in [0.4, 0.5) is 11.6 Å². The van der Waals surface area contributed by atoms with Crippen LogP contribution in [0, 0.1) is 5.41 Å². The Hall–Kier alpha value is -3.27. The van der Waals surface area contributed by atoms with Gasteiger partial charge in [0.1, 0.15) is 23.9 Å². The number of benzene rings is 1. The van der Waals surface area contributed by atoms with Crippen LogP contribution < -0.4 is 11.1 Å². The summed E-state index contributed by atoms with van der Waals surface area (Å²) in [5.41, 5.74) is 9.01. The summed E-state index contributed by atoms with van der Waals surface area (Å²) < 4.78 is 1.72. The zero-order valence-electron chi connectivity index (χ0n) is 21.4. The van der Waals surface area contributed by atoms with E-state index in [4.69, 9.17) is 10.7 Å². The molecule has 9 heteroatoms. The van der Waals surface area contributed by atoms with Gasteiger partial charge in [-0.3, -0.25) is 0 Å². The van der Waals surface area contributed by atoms with Gasteiger partial charge in [-0.15, -0.1) is 0 Å². The first-order valence-electron chi connectivity index (χ1n) is 13.1. The first-order chi connectivity index (χ1) is 17.8. The van der Waals surface area contributed by atoms with E-state index in [1.54, 1.807) is 4.52 Å². The van der Waals surface area contributed by atoms with Gasteiger partial charge in [0.25, 0.3) is 0 Å². The molecule has 0 bridgehead atoms. The number of aliphatic hydroxyl groups is 3. The lowest BCUT2D eigenvalue weighted by molar-refractivity contribution is -0.0204. The van der Waals surface area contributed by atoms with Crippen molar-refractivity contribution in [1.82, 2.24) is 19.6 Å². The second-order valence-corrected chi connectivity index (χ2v) is 10.6. The number of pyridine rings is 1. The van der Waals surface area contributed by atoms with Crippen LogP contribution in [0.3, 0.4) is 0 Å². The number of aryl methyl sites for hydroxylation is 1. The fourth-order valence-corrected chi connectivity index (χ4v) is 5.63. The molecule has 0 radical (unpaired) electrons. The largest absolute Gasteiger partial charge is 0.390 e. The van der Waals surface area contributed by atoms with Crippen LogP contribution >= 0.6 is 0 Å². The molecule has 5 atom stereocenters. The number of anilines is 2. The first-order valence-corrected chi connectivity index (χ1v) is 13.1. The molecule has 0 saturated heterocycles. The number of aromatic nitrogens is 4. The van der Waals surface area contributed by atoms with E-state index in [0.717, 1.165) is 41.4 Å². The SMILES string of the molecule is CCCCC(O)Nc1ccc2ccc(CC[C@@]3(C)C[C@@H](c4ccc5c(N)ncnn45)[C@H](O)[C@@H]3O)cc2n1. The van der Waals surface area contributed by atoms with Gasteiger partial charge in [0.15, 0.2) is 5.82 Å². The molecule has 6 N–H and O–H groups in total. The normalized spacial score (nSPS) is 24.6. The van der Waals surface area contributed by atoms with E-state index in [9.17, 15) is 15.3 Å². The summed E-state index contributed by atoms with van der Waals surface area (Å²) >= 11 is 0. The predicted molar refractivity (Wildman–Crippen MR) is 144 cm³/mol. The minimum absolute atomic E-state index is 0.261. The zero-order chi connectivity index (χ0) is 26.2. The Balaban J connectivity index is 1.31. The summed E-state index contributed by atoms with van der Waals surface area (Å²) in [7, 11) is 0. The predicted octanol–water partition coefficient (Wildman–Crippen LogP) is 3.63. The Labute approximate surface area is 216 Å². The van der Waals surface area contributed by atoms with Crippen molar-refractivity contribution in [2.24, 2.45) is 5.41 Å². The highest BCUT2D eigenvalue weighted by Gasteiger charge is 2.50. The van der Waals surface area contributed by atoms with Gasteiger partial charge in [-0.25, -0.2) is 14.5 Å². The molecular weight excluding hydrogens is 468 g/mol. The molecule has 1 aromatic carbocycles. The van der Waals surface area contributed by atoms with Crippen molar-refractivity contribution in [3.8, 4) is 0 Å². The molecule has 1 aliphatic carbocycles. The fraction of sp³-hybridized carbons (Fsp3) is 0.464. The van der Waals surface area contributed by atoms with Crippen molar-refractivity contribution in [2.45, 2.75) is 76.7 Å². The Kier molecular flexibility index (Phi) is 7.02. The number of hydrogen-bond donors (Lipinski definition) is 5. The maximum Gasteiger partial charge on any atom is 0.151 e. The summed E-state index contributed by atoms with van der Waals surface area (Å²) in [6.45, 7) is 4.14. The van der Waals surface area contributed by atoms with Gasteiger partial charge >= 0.3 is 0 Å². The van der Waals surface area contributed by atoms with Gasteiger partial charge in [0.05, 0.1) is 17.7 Å². The first kappa shape index (κ1) is 25.4. The maximum atomic E-state index is 11.1. The number of nitrogens with two attached hydrogens (primary N) is 1. The molecule has 3 aromatic heterocycles. The van der Waals surface area contributed by atoms with Crippen molar-refractivity contribution in [2.75, 3.05) is 11.1 Å². The molecule has 1 aliphatic rings. The van der Waals surface area contributed by atoms with Crippen LogP contribution in [0.25, 0.3) is 16.4 Å². The van der Waals surface area contributed by atoms with Crippen molar-refractivity contribution in [1.29, 1.82) is 0 Å². The number of nitrogens with zero attached hydrogens (tertiary/aromatic N) is 4. The third-order valence-electron chi connectivity index (χ3n) is 7.91. The summed E-state index contributed by atoms with van der Waals surface area (Å²) in [5.74, 6) is 0.778. The van der Waals surface area contributed by atoms with Crippen molar-refractivity contribution < 1.29 is 15.3 Å². The molecule has 0 aliphatic heterocycles. The monoisotopic (exact) mass is 504 g/mol. The smallest absolute Gasteiger partial charge is 0.151 e. The Bertz CT molecular complexity index is 1390. The molecule has 1 unspecified atom stereocenters. The topological polar surface area (TPSA) is 142 Å². The second-order valence-electron chi connectivity index (χ2n) is 10.6. The van der Waals surface area contributed by atoms with Gasteiger partial charge < -0.3 is 26.4 Å². The van der Waals surface area contributed by atoms with Crippen LogP contribution in [0.1, 0.15) is 63.1 Å². The van der Waals surface area contributed by atoms with Gasteiger partial charge in [-0.1, -0.05) is 32.4 Å². The molecule has 1 fully saturated rings. The van der Waals surface area contributed by atoms with E-state index < -0.39 is 23.9 Å². The highest BCUT2D eigenvalue weighted by Crippen LogP contribution is 2.49. The molecule has 0 spiro atoms. The molecule has 9 nitrogen and oxygen atoms in total. The Morgan fingerprint density at radius 3 is 2.81 bits per heavy atom. The second kappa shape index (κ2) is 10.2. The average Bonchev–Trinajstić information content (AvgIpc) is 3.42. The van der Waals surface area contributed by atoms with E-state index in [1.807, 2.05) is 31.2 Å². The number of nitrogens with one attached hydrogen (secondary N) is 1. The van der Waals surface area contributed by atoms with Crippen LogP contribution in [0.15, 0.2) is 48.8 Å². The lowest BCUT2D eigenvalue weighted by Crippen LogP contribution is -2.34. The van der Waals surface area contributed by atoms with Crippen molar-refractivity contribution in [3.63, 3.8) is 0 Å². The molecular formula is C28H36N6O3. The highest BCUT2D eigenvalue weighted by molar-refractivity contribution is 5.81. The van der Waals surface area contributed by atoms with E-state index >= 15 is 0 Å². The number of unbranched alkanes of at least 4 members (excludes halogenated alkanes) is 1. The van der Waals surface area contributed by atoms with E-state index in [1.165, 1.54) is 6.33 Å². The van der Waals surface area contributed by atoms with Gasteiger partial charge in [0.2, 0.25) is 0 Å². The summed E-state index contributed by atoms with van der Waals surface area (Å²) in [4.78, 5) is 8.74. The van der Waals surface area contributed by atoms with Crippen molar-refractivity contribution in [3.05, 3.63) is 60.0 Å². The van der Waals surface area contributed by atoms with E-state index in [-0.39, 0.29) is 5.92 Å². The third-order valence-corrected chi connectivity index (χ3v) is 7.91. The summed E-state index contributed by atoms with van der Waals surface area (Å²) in [6, 6.07) is 13.9. The van der Waals surface area contributed by atoms with Gasteiger partial charge in [-0.2, -0.15) is 5.10 Å². The van der Waals surface area contributed by atoms with Gasteiger partial charge in [0, 0.05) is 17.0 Å². The number of nitrogen functional groups attached to an aromatic ring is 1. The van der Waals surface area contributed by atoms with Crippen LogP contribution in [0.2, 0.25) is 0 Å². The average molecular weight is 505 g/mol. The molecule has 5 rings (SSSR count). The Morgan fingerprint density at radius 1 is 1.19 bits per heavy atom. The minimum Gasteiger partial charge on any atom is -0.390 e. The van der Waals surface area contributed by atoms with Gasteiger partial charge in [-0.05, 0) is 73.4 Å². The highest BCUT2D eigenvalue weighted by atomic mass is 16.3. The molecule has 4 aromatic rings. The summed E-state index contributed by atoms with van der Waals surface area (Å²) in [5, 5.41) is 40.7. The number of rotatable bonds is 9. The van der Waals surface area contributed by atoms with Crippen LogP contribution in [-0.4, -0.2) is 53.3 Å². The Morgan fingerprint density at radius 2 is 2.00 bits per heavy atom. The standard InChI is InChI=1S/C28H36N6O3/c1-3-4-5-24(35)33-23-11-8-18-7-6-17(14-20(18)32-23)12-13-28(2)15-19(25(36)26(28)37)21-9-10-22-27(29)30-16-31-34(21)22/h6-11,14,16,19,24-26,35-37H,3-5,12-13,15H2,1-2H3,(H,32,33)(H2,29,30,31)/t19-,24?,25-,26-,28-/m0/s1. The third kappa shape index (κ3) is 4.99. The zero-order valence-corrected chi connectivity index (χ0v) is 21.4. The number of aliphatic hydroxyl groups excluding tert-OH is 3. The quantitative estimate of drug-likeness (QED) is 0.218. The summed E-state index contributed by atoms with van der Waals surface area (Å²) in [6.07, 6.45) is 3.78. The van der Waals surface area contributed by atoms with Crippen molar-refractivity contribution >= 4 is 28.1 Å². The molecule has 1 saturated carbocycles. The maximum absolute atomic E-state index is 11.1. The molecule has 37 heavy (non-hydrogen) atoms. The molecule has 0 amide bonds. The molecule has 196 valence electrons. The van der Waals surface area contributed by atoms with E-state index in [0.29, 0.717) is 36.4 Å². The lowest BCUT2D eigenvalue weighted by Gasteiger charge is -2.28. The lowest BCUT2D eigenvalue weighted by atomic mass is 9.80.